The highest BCUT2D eigenvalue weighted by Gasteiger charge is 2.05. The summed E-state index contributed by atoms with van der Waals surface area (Å²) in [5.41, 5.74) is 3.75. The number of aryl methyl sites for hydroxylation is 2. The summed E-state index contributed by atoms with van der Waals surface area (Å²) >= 11 is 6.06. The first kappa shape index (κ1) is 17.2. The zero-order valence-electron chi connectivity index (χ0n) is 14.0. The number of halogens is 2. The highest BCUT2D eigenvalue weighted by atomic mass is 35.5. The summed E-state index contributed by atoms with van der Waals surface area (Å²) in [6, 6.07) is 13.9. The molecule has 25 heavy (non-hydrogen) atoms. The van der Waals surface area contributed by atoms with Crippen LogP contribution in [0.4, 0.5) is 21.8 Å². The van der Waals surface area contributed by atoms with Crippen LogP contribution in [0.15, 0.2) is 48.5 Å². The summed E-state index contributed by atoms with van der Waals surface area (Å²) < 4.78 is 13.0. The van der Waals surface area contributed by atoms with Gasteiger partial charge in [0.1, 0.15) is 11.6 Å². The fraction of sp³-hybridized carbons (Fsp3) is 0.158. The van der Waals surface area contributed by atoms with E-state index in [0.717, 1.165) is 22.5 Å². The molecule has 0 radical (unpaired) electrons. The maximum absolute atomic E-state index is 13.0. The molecule has 0 saturated carbocycles. The van der Waals surface area contributed by atoms with Gasteiger partial charge in [-0.15, -0.1) is 0 Å². The van der Waals surface area contributed by atoms with Crippen LogP contribution < -0.4 is 10.6 Å². The molecule has 2 N–H and O–H groups in total. The van der Waals surface area contributed by atoms with Gasteiger partial charge in [-0.05, 0) is 49.2 Å². The molecule has 1 aromatic heterocycles. The maximum atomic E-state index is 13.0. The molecule has 4 nitrogen and oxygen atoms in total. The number of benzene rings is 2. The lowest BCUT2D eigenvalue weighted by molar-refractivity contribution is 0.627. The fourth-order valence-electron chi connectivity index (χ4n) is 2.36. The van der Waals surface area contributed by atoms with E-state index in [4.69, 9.17) is 11.6 Å². The Hall–Kier alpha value is -2.66. The highest BCUT2D eigenvalue weighted by Crippen LogP contribution is 2.24. The molecule has 1 heterocycles. The normalized spacial score (nSPS) is 10.6. The maximum Gasteiger partial charge on any atom is 0.225 e. The lowest BCUT2D eigenvalue weighted by Gasteiger charge is -2.12. The smallest absolute Gasteiger partial charge is 0.225 e. The van der Waals surface area contributed by atoms with Gasteiger partial charge in [-0.1, -0.05) is 29.8 Å². The summed E-state index contributed by atoms with van der Waals surface area (Å²) in [6.45, 7) is 4.42. The lowest BCUT2D eigenvalue weighted by atomic mass is 10.2. The minimum atomic E-state index is -0.251. The first-order valence-corrected chi connectivity index (χ1v) is 8.24. The summed E-state index contributed by atoms with van der Waals surface area (Å²) in [6.07, 6.45) is 0. The summed E-state index contributed by atoms with van der Waals surface area (Å²) in [5.74, 6) is 0.935. The van der Waals surface area contributed by atoms with E-state index in [2.05, 4.69) is 20.6 Å². The van der Waals surface area contributed by atoms with Crippen molar-refractivity contribution in [1.82, 2.24) is 9.97 Å². The molecule has 0 aliphatic heterocycles. The average Bonchev–Trinajstić information content (AvgIpc) is 2.57. The Morgan fingerprint density at radius 1 is 1.00 bits per heavy atom. The molecule has 2 aromatic carbocycles. The summed E-state index contributed by atoms with van der Waals surface area (Å²) in [4.78, 5) is 8.87. The predicted molar refractivity (Wildman–Crippen MR) is 100.0 cm³/mol. The van der Waals surface area contributed by atoms with Crippen molar-refractivity contribution in [3.8, 4) is 0 Å². The van der Waals surface area contributed by atoms with E-state index in [1.165, 1.54) is 12.1 Å². The van der Waals surface area contributed by atoms with Crippen molar-refractivity contribution in [2.75, 3.05) is 10.6 Å². The highest BCUT2D eigenvalue weighted by molar-refractivity contribution is 6.30. The largest absolute Gasteiger partial charge is 0.350 e. The monoisotopic (exact) mass is 356 g/mol. The number of nitrogens with zero attached hydrogens (tertiary/aromatic N) is 2. The zero-order chi connectivity index (χ0) is 17.8. The van der Waals surface area contributed by atoms with E-state index in [1.807, 2.05) is 38.1 Å². The van der Waals surface area contributed by atoms with Crippen LogP contribution in [0.2, 0.25) is 5.02 Å². The van der Waals surface area contributed by atoms with Crippen molar-refractivity contribution in [3.63, 3.8) is 0 Å². The Labute approximate surface area is 151 Å². The molecule has 0 aliphatic rings. The third-order valence-electron chi connectivity index (χ3n) is 3.68. The topological polar surface area (TPSA) is 49.8 Å². The third kappa shape index (κ3) is 4.67. The van der Waals surface area contributed by atoms with Crippen LogP contribution in [0.5, 0.6) is 0 Å². The van der Waals surface area contributed by atoms with Crippen LogP contribution in [-0.2, 0) is 6.54 Å². The Morgan fingerprint density at radius 3 is 2.52 bits per heavy atom. The van der Waals surface area contributed by atoms with Gasteiger partial charge in [-0.2, -0.15) is 4.98 Å². The molecule has 6 heteroatoms. The molecular formula is C19H18ClFN4. The van der Waals surface area contributed by atoms with Gasteiger partial charge < -0.3 is 10.6 Å². The standard InChI is InChI=1S/C19H18ClFN4/c1-12-3-6-15(20)10-17(12)24-18-9-13(2)23-19(25-18)22-11-14-4-7-16(21)8-5-14/h3-10H,11H2,1-2H3,(H2,22,23,24,25). The molecular weight excluding hydrogens is 339 g/mol. The van der Waals surface area contributed by atoms with Crippen molar-refractivity contribution in [1.29, 1.82) is 0 Å². The molecule has 0 spiro atoms. The van der Waals surface area contributed by atoms with Crippen LogP contribution in [-0.4, -0.2) is 9.97 Å². The molecule has 0 saturated heterocycles. The van der Waals surface area contributed by atoms with E-state index < -0.39 is 0 Å². The second-order valence-electron chi connectivity index (χ2n) is 5.78. The van der Waals surface area contributed by atoms with Gasteiger partial charge in [0, 0.05) is 29.0 Å². The van der Waals surface area contributed by atoms with E-state index in [-0.39, 0.29) is 5.82 Å². The first-order chi connectivity index (χ1) is 12.0. The van der Waals surface area contributed by atoms with Gasteiger partial charge >= 0.3 is 0 Å². The Balaban J connectivity index is 1.75. The lowest BCUT2D eigenvalue weighted by Crippen LogP contribution is -2.06. The molecule has 0 fully saturated rings. The van der Waals surface area contributed by atoms with E-state index >= 15 is 0 Å². The van der Waals surface area contributed by atoms with E-state index in [1.54, 1.807) is 12.1 Å². The van der Waals surface area contributed by atoms with Crippen molar-refractivity contribution in [2.24, 2.45) is 0 Å². The minimum absolute atomic E-state index is 0.251. The molecule has 0 atom stereocenters. The van der Waals surface area contributed by atoms with Crippen molar-refractivity contribution < 1.29 is 4.39 Å². The average molecular weight is 357 g/mol. The van der Waals surface area contributed by atoms with E-state index in [9.17, 15) is 4.39 Å². The molecule has 3 aromatic rings. The molecule has 0 bridgehead atoms. The second kappa shape index (κ2) is 7.49. The van der Waals surface area contributed by atoms with Gasteiger partial charge in [-0.25, -0.2) is 9.37 Å². The fourth-order valence-corrected chi connectivity index (χ4v) is 2.53. The summed E-state index contributed by atoms with van der Waals surface area (Å²) in [5, 5.41) is 7.10. The minimum Gasteiger partial charge on any atom is -0.350 e. The van der Waals surface area contributed by atoms with Crippen LogP contribution >= 0.6 is 11.6 Å². The zero-order valence-corrected chi connectivity index (χ0v) is 14.7. The van der Waals surface area contributed by atoms with Gasteiger partial charge in [0.05, 0.1) is 0 Å². The van der Waals surface area contributed by atoms with Crippen LogP contribution in [0, 0.1) is 19.7 Å². The van der Waals surface area contributed by atoms with Crippen LogP contribution in [0.1, 0.15) is 16.8 Å². The van der Waals surface area contributed by atoms with Gasteiger partial charge in [0.25, 0.3) is 0 Å². The SMILES string of the molecule is Cc1cc(Nc2cc(Cl)ccc2C)nc(NCc2ccc(F)cc2)n1. The number of anilines is 3. The molecule has 0 amide bonds. The molecule has 128 valence electrons. The third-order valence-corrected chi connectivity index (χ3v) is 3.92. The Bertz CT molecular complexity index is 881. The summed E-state index contributed by atoms with van der Waals surface area (Å²) in [7, 11) is 0. The van der Waals surface area contributed by atoms with Crippen molar-refractivity contribution in [3.05, 3.63) is 76.2 Å². The van der Waals surface area contributed by atoms with Gasteiger partial charge in [0.2, 0.25) is 5.95 Å². The number of nitrogens with one attached hydrogen (secondary N) is 2. The Morgan fingerprint density at radius 2 is 1.76 bits per heavy atom. The first-order valence-electron chi connectivity index (χ1n) is 7.87. The molecule has 0 aliphatic carbocycles. The van der Waals surface area contributed by atoms with E-state index in [0.29, 0.717) is 23.3 Å². The number of hydrogen-bond donors (Lipinski definition) is 2. The quantitative estimate of drug-likeness (QED) is 0.656. The van der Waals surface area contributed by atoms with Gasteiger partial charge in [-0.3, -0.25) is 0 Å². The number of rotatable bonds is 5. The number of aromatic nitrogens is 2. The van der Waals surface area contributed by atoms with Crippen LogP contribution in [0.3, 0.4) is 0 Å². The number of hydrogen-bond acceptors (Lipinski definition) is 4. The molecule has 0 unspecified atom stereocenters. The second-order valence-corrected chi connectivity index (χ2v) is 6.22. The predicted octanol–water partition coefficient (Wildman–Crippen LogP) is 5.24. The van der Waals surface area contributed by atoms with Gasteiger partial charge in [0.15, 0.2) is 0 Å². The van der Waals surface area contributed by atoms with Crippen molar-refractivity contribution >= 4 is 29.1 Å². The Kier molecular flexibility index (Phi) is 5.14. The molecule has 3 rings (SSSR count). The van der Waals surface area contributed by atoms with Crippen molar-refractivity contribution in [2.45, 2.75) is 20.4 Å². The van der Waals surface area contributed by atoms with Crippen LogP contribution in [0.25, 0.3) is 0 Å².